The molecule has 1 aromatic heterocycles. The number of rotatable bonds is 6. The molecule has 0 fully saturated rings. The van der Waals surface area contributed by atoms with Gasteiger partial charge in [-0.15, -0.1) is 0 Å². The van der Waals surface area contributed by atoms with E-state index in [1.165, 1.54) is 0 Å². The van der Waals surface area contributed by atoms with Gasteiger partial charge in [0, 0.05) is 22.2 Å². The fourth-order valence-corrected chi connectivity index (χ4v) is 2.51. The number of amides is 1. The van der Waals surface area contributed by atoms with E-state index in [2.05, 4.69) is 5.32 Å². The number of esters is 1. The predicted octanol–water partition coefficient (Wildman–Crippen LogP) is 4.28. The first kappa shape index (κ1) is 17.8. The number of hydrogen-bond donors (Lipinski definition) is 1. The van der Waals surface area contributed by atoms with Crippen LogP contribution in [-0.4, -0.2) is 25.1 Å². The fourth-order valence-electron chi connectivity index (χ4n) is 2.33. The molecule has 0 unspecified atom stereocenters. The molecule has 0 radical (unpaired) electrons. The monoisotopic (exact) mass is 373 g/mol. The Morgan fingerprint density at radius 3 is 2.81 bits per heavy atom. The number of halogens is 1. The lowest BCUT2D eigenvalue weighted by molar-refractivity contribution is -0.145. The van der Waals surface area contributed by atoms with Crippen molar-refractivity contribution in [3.05, 3.63) is 59.3 Å². The van der Waals surface area contributed by atoms with Crippen LogP contribution in [0.3, 0.4) is 0 Å². The van der Waals surface area contributed by atoms with E-state index in [9.17, 15) is 9.59 Å². The minimum absolute atomic E-state index is 0.167. The van der Waals surface area contributed by atoms with Gasteiger partial charge in [-0.2, -0.15) is 0 Å². The molecule has 26 heavy (non-hydrogen) atoms. The van der Waals surface area contributed by atoms with Crippen LogP contribution < -0.4 is 10.1 Å². The van der Waals surface area contributed by atoms with Crippen LogP contribution in [0.25, 0.3) is 11.0 Å². The summed E-state index contributed by atoms with van der Waals surface area (Å²) in [6, 6.07) is 13.4. The Morgan fingerprint density at radius 1 is 1.15 bits per heavy atom. The lowest BCUT2D eigenvalue weighted by atomic mass is 10.2. The van der Waals surface area contributed by atoms with Crippen molar-refractivity contribution in [3.8, 4) is 5.75 Å². The van der Waals surface area contributed by atoms with Crippen LogP contribution in [0.15, 0.2) is 52.9 Å². The molecule has 0 aliphatic carbocycles. The molecule has 3 aromatic rings. The highest BCUT2D eigenvalue weighted by atomic mass is 35.5. The predicted molar refractivity (Wildman–Crippen MR) is 97.7 cm³/mol. The maximum atomic E-state index is 12.4. The standard InChI is InChI=1S/C19H16ClNO5/c1-2-24-18(22)11-25-15-5-3-4-14(10-15)21-19(23)17-9-12-8-13(20)6-7-16(12)26-17/h3-10H,2,11H2,1H3,(H,21,23). The SMILES string of the molecule is CCOC(=O)COc1cccc(NC(=O)c2cc3cc(Cl)ccc3o2)c1. The van der Waals surface area contributed by atoms with E-state index in [1.807, 2.05) is 0 Å². The second-order valence-electron chi connectivity index (χ2n) is 5.37. The van der Waals surface area contributed by atoms with Gasteiger partial charge in [0.1, 0.15) is 11.3 Å². The van der Waals surface area contributed by atoms with Gasteiger partial charge in [-0.1, -0.05) is 17.7 Å². The molecule has 7 heteroatoms. The number of carbonyl (C=O) groups is 2. The summed E-state index contributed by atoms with van der Waals surface area (Å²) in [5, 5.41) is 4.04. The fraction of sp³-hybridized carbons (Fsp3) is 0.158. The Labute approximate surface area is 154 Å². The Morgan fingerprint density at radius 2 is 2.00 bits per heavy atom. The average molecular weight is 374 g/mol. The smallest absolute Gasteiger partial charge is 0.344 e. The number of nitrogens with one attached hydrogen (secondary N) is 1. The molecular weight excluding hydrogens is 358 g/mol. The summed E-state index contributed by atoms with van der Waals surface area (Å²) in [7, 11) is 0. The molecule has 0 bridgehead atoms. The summed E-state index contributed by atoms with van der Waals surface area (Å²) in [6.07, 6.45) is 0. The van der Waals surface area contributed by atoms with Crippen molar-refractivity contribution in [1.29, 1.82) is 0 Å². The minimum atomic E-state index is -0.456. The summed E-state index contributed by atoms with van der Waals surface area (Å²) in [5.41, 5.74) is 1.08. The van der Waals surface area contributed by atoms with Crippen molar-refractivity contribution < 1.29 is 23.5 Å². The summed E-state index contributed by atoms with van der Waals surface area (Å²) in [6.45, 7) is 1.82. The normalized spacial score (nSPS) is 10.5. The van der Waals surface area contributed by atoms with Gasteiger partial charge in [0.2, 0.25) is 0 Å². The zero-order valence-corrected chi connectivity index (χ0v) is 14.7. The highest BCUT2D eigenvalue weighted by molar-refractivity contribution is 6.31. The first-order chi connectivity index (χ1) is 12.5. The highest BCUT2D eigenvalue weighted by Crippen LogP contribution is 2.24. The molecule has 0 saturated carbocycles. The third-order valence-electron chi connectivity index (χ3n) is 3.46. The van der Waals surface area contributed by atoms with Crippen LogP contribution in [0, 0.1) is 0 Å². The molecule has 0 aliphatic heterocycles. The Balaban J connectivity index is 1.68. The van der Waals surface area contributed by atoms with Gasteiger partial charge in [-0.25, -0.2) is 4.79 Å². The summed E-state index contributed by atoms with van der Waals surface area (Å²) in [4.78, 5) is 23.7. The van der Waals surface area contributed by atoms with Gasteiger partial charge in [0.05, 0.1) is 6.61 Å². The first-order valence-electron chi connectivity index (χ1n) is 7.94. The molecule has 0 atom stereocenters. The van der Waals surface area contributed by atoms with E-state index in [1.54, 1.807) is 55.5 Å². The third-order valence-corrected chi connectivity index (χ3v) is 3.69. The van der Waals surface area contributed by atoms with Crippen molar-refractivity contribution >= 4 is 40.1 Å². The largest absolute Gasteiger partial charge is 0.482 e. The van der Waals surface area contributed by atoms with Crippen LogP contribution in [0.4, 0.5) is 5.69 Å². The summed E-state index contributed by atoms with van der Waals surface area (Å²) >= 11 is 5.94. The zero-order chi connectivity index (χ0) is 18.5. The number of benzene rings is 2. The van der Waals surface area contributed by atoms with E-state index < -0.39 is 11.9 Å². The third kappa shape index (κ3) is 4.34. The van der Waals surface area contributed by atoms with Gasteiger partial charge >= 0.3 is 5.97 Å². The van der Waals surface area contributed by atoms with E-state index in [-0.39, 0.29) is 12.4 Å². The van der Waals surface area contributed by atoms with Crippen LogP contribution in [0.5, 0.6) is 5.75 Å². The van der Waals surface area contributed by atoms with Gasteiger partial charge in [0.25, 0.3) is 5.91 Å². The molecule has 0 saturated heterocycles. The molecule has 1 amide bonds. The van der Waals surface area contributed by atoms with E-state index >= 15 is 0 Å². The first-order valence-corrected chi connectivity index (χ1v) is 8.32. The Kier molecular flexibility index (Phi) is 5.43. The van der Waals surface area contributed by atoms with Crippen LogP contribution in [0.2, 0.25) is 5.02 Å². The average Bonchev–Trinajstić information content (AvgIpc) is 3.04. The molecule has 0 aliphatic rings. The molecule has 134 valence electrons. The Hall–Kier alpha value is -2.99. The topological polar surface area (TPSA) is 77.8 Å². The van der Waals surface area contributed by atoms with Crippen molar-refractivity contribution in [2.45, 2.75) is 6.92 Å². The van der Waals surface area contributed by atoms with Crippen LogP contribution in [-0.2, 0) is 9.53 Å². The number of hydrogen-bond acceptors (Lipinski definition) is 5. The summed E-state index contributed by atoms with van der Waals surface area (Å²) in [5.74, 6) is -0.255. The second kappa shape index (κ2) is 7.93. The quantitative estimate of drug-likeness (QED) is 0.652. The maximum absolute atomic E-state index is 12.4. The molecular formula is C19H16ClNO5. The number of anilines is 1. The molecule has 0 spiro atoms. The zero-order valence-electron chi connectivity index (χ0n) is 14.0. The van der Waals surface area contributed by atoms with Crippen molar-refractivity contribution in [1.82, 2.24) is 0 Å². The van der Waals surface area contributed by atoms with Gasteiger partial charge in [-0.05, 0) is 43.3 Å². The lowest BCUT2D eigenvalue weighted by Crippen LogP contribution is -2.15. The molecule has 1 heterocycles. The summed E-state index contributed by atoms with van der Waals surface area (Å²) < 4.78 is 15.7. The maximum Gasteiger partial charge on any atom is 0.344 e. The lowest BCUT2D eigenvalue weighted by Gasteiger charge is -2.08. The highest BCUT2D eigenvalue weighted by Gasteiger charge is 2.13. The Bertz CT molecular complexity index is 950. The van der Waals surface area contributed by atoms with E-state index in [0.29, 0.717) is 28.6 Å². The number of carbonyl (C=O) groups excluding carboxylic acids is 2. The van der Waals surface area contributed by atoms with Crippen LogP contribution >= 0.6 is 11.6 Å². The molecule has 1 N–H and O–H groups in total. The minimum Gasteiger partial charge on any atom is -0.482 e. The molecule has 6 nitrogen and oxygen atoms in total. The van der Waals surface area contributed by atoms with Gasteiger partial charge in [-0.3, -0.25) is 4.79 Å². The second-order valence-corrected chi connectivity index (χ2v) is 5.80. The molecule has 3 rings (SSSR count). The molecule has 2 aromatic carbocycles. The number of ether oxygens (including phenoxy) is 2. The van der Waals surface area contributed by atoms with Gasteiger partial charge in [0.15, 0.2) is 12.4 Å². The number of fused-ring (bicyclic) bond motifs is 1. The van der Waals surface area contributed by atoms with Crippen LogP contribution in [0.1, 0.15) is 17.5 Å². The van der Waals surface area contributed by atoms with E-state index in [4.69, 9.17) is 25.5 Å². The van der Waals surface area contributed by atoms with Gasteiger partial charge < -0.3 is 19.2 Å². The number of furan rings is 1. The van der Waals surface area contributed by atoms with Crippen molar-refractivity contribution in [3.63, 3.8) is 0 Å². The van der Waals surface area contributed by atoms with E-state index in [0.717, 1.165) is 5.39 Å². The van der Waals surface area contributed by atoms with Crippen molar-refractivity contribution in [2.75, 3.05) is 18.5 Å². The van der Waals surface area contributed by atoms with Crippen molar-refractivity contribution in [2.24, 2.45) is 0 Å².